The second-order valence-electron chi connectivity index (χ2n) is 6.93. The topological polar surface area (TPSA) is 76.1 Å². The van der Waals surface area contributed by atoms with Gasteiger partial charge in [-0.15, -0.1) is 0 Å². The zero-order valence-electron chi connectivity index (χ0n) is 16.9. The van der Waals surface area contributed by atoms with Gasteiger partial charge in [0.25, 0.3) is 0 Å². The molecule has 0 atom stereocenters. The van der Waals surface area contributed by atoms with E-state index in [1.54, 1.807) is 24.1 Å². The molecule has 8 heteroatoms. The van der Waals surface area contributed by atoms with Crippen LogP contribution in [0.25, 0.3) is 0 Å². The van der Waals surface area contributed by atoms with E-state index in [1.165, 1.54) is 24.6 Å². The van der Waals surface area contributed by atoms with E-state index in [4.69, 9.17) is 9.47 Å². The van der Waals surface area contributed by atoms with Crippen LogP contribution in [0.2, 0.25) is 0 Å². The molecule has 3 rings (SSSR count). The summed E-state index contributed by atoms with van der Waals surface area (Å²) in [6.07, 6.45) is 0.947. The fraction of sp³-hybridized carbons (Fsp3) is 0.381. The molecule has 1 aliphatic rings. The second-order valence-corrected chi connectivity index (χ2v) is 8.83. The Kier molecular flexibility index (Phi) is 6.44. The van der Waals surface area contributed by atoms with Gasteiger partial charge in [0.15, 0.2) is 0 Å². The number of sulfonamides is 1. The minimum Gasteiger partial charge on any atom is -0.497 e. The van der Waals surface area contributed by atoms with Crippen LogP contribution in [0.1, 0.15) is 12.8 Å². The molecule has 0 unspecified atom stereocenters. The molecule has 0 bridgehead atoms. The summed E-state index contributed by atoms with van der Waals surface area (Å²) < 4.78 is 38.1. The van der Waals surface area contributed by atoms with Gasteiger partial charge in [0, 0.05) is 37.8 Å². The van der Waals surface area contributed by atoms with E-state index in [2.05, 4.69) is 0 Å². The molecule has 0 aliphatic carbocycles. The summed E-state index contributed by atoms with van der Waals surface area (Å²) in [4.78, 5) is 14.5. The molecule has 29 heavy (non-hydrogen) atoms. The number of piperidine rings is 1. The van der Waals surface area contributed by atoms with Crippen LogP contribution < -0.4 is 14.4 Å². The molecule has 156 valence electrons. The predicted octanol–water partition coefficient (Wildman–Crippen LogP) is 2.77. The third-order valence-corrected chi connectivity index (χ3v) is 7.19. The molecule has 2 aromatic carbocycles. The normalized spacial score (nSPS) is 15.7. The lowest BCUT2D eigenvalue weighted by atomic mass is 9.96. The highest BCUT2D eigenvalue weighted by Crippen LogP contribution is 2.33. The third kappa shape index (κ3) is 4.38. The molecule has 0 radical (unpaired) electrons. The highest BCUT2D eigenvalue weighted by atomic mass is 32.2. The Labute approximate surface area is 171 Å². The van der Waals surface area contributed by atoms with Crippen LogP contribution in [0.3, 0.4) is 0 Å². The lowest BCUT2D eigenvalue weighted by Gasteiger charge is -2.32. The van der Waals surface area contributed by atoms with Crippen molar-refractivity contribution >= 4 is 21.6 Å². The van der Waals surface area contributed by atoms with Crippen LogP contribution in [0.15, 0.2) is 53.4 Å². The average molecular weight is 419 g/mol. The van der Waals surface area contributed by atoms with Crippen molar-refractivity contribution < 1.29 is 22.7 Å². The van der Waals surface area contributed by atoms with Crippen LogP contribution in [-0.2, 0) is 14.8 Å². The molecular formula is C21H26N2O5S. The van der Waals surface area contributed by atoms with E-state index >= 15 is 0 Å². The van der Waals surface area contributed by atoms with Crippen molar-refractivity contribution in [2.45, 2.75) is 17.7 Å². The van der Waals surface area contributed by atoms with Crippen LogP contribution in [0.4, 0.5) is 5.69 Å². The summed E-state index contributed by atoms with van der Waals surface area (Å²) in [5, 5.41) is 0. The Morgan fingerprint density at radius 1 is 1.03 bits per heavy atom. The number of rotatable bonds is 6. The predicted molar refractivity (Wildman–Crippen MR) is 111 cm³/mol. The fourth-order valence-corrected chi connectivity index (χ4v) is 5.16. The molecule has 1 fully saturated rings. The molecule has 1 amide bonds. The number of ether oxygens (including phenoxy) is 2. The summed E-state index contributed by atoms with van der Waals surface area (Å²) in [5.74, 6) is 0.512. The van der Waals surface area contributed by atoms with E-state index in [9.17, 15) is 13.2 Å². The van der Waals surface area contributed by atoms with Gasteiger partial charge in [-0.25, -0.2) is 8.42 Å². The Hall–Kier alpha value is -2.58. The zero-order valence-corrected chi connectivity index (χ0v) is 17.7. The Balaban J connectivity index is 1.72. The van der Waals surface area contributed by atoms with Gasteiger partial charge in [-0.1, -0.05) is 18.2 Å². The molecule has 0 saturated carbocycles. The highest BCUT2D eigenvalue weighted by Gasteiger charge is 2.35. The minimum absolute atomic E-state index is 0.00667. The lowest BCUT2D eigenvalue weighted by molar-refractivity contribution is -0.123. The SMILES string of the molecule is COc1ccc(OC)c(S(=O)(=O)N2CCC(C(=O)N(C)c3ccccc3)CC2)c1. The smallest absolute Gasteiger partial charge is 0.246 e. The monoisotopic (exact) mass is 418 g/mol. The van der Waals surface area contributed by atoms with E-state index in [-0.39, 0.29) is 35.6 Å². The fourth-order valence-electron chi connectivity index (χ4n) is 3.52. The molecular weight excluding hydrogens is 392 g/mol. The maximum Gasteiger partial charge on any atom is 0.246 e. The quantitative estimate of drug-likeness (QED) is 0.721. The number of carbonyl (C=O) groups excluding carboxylic acids is 1. The van der Waals surface area contributed by atoms with Gasteiger partial charge >= 0.3 is 0 Å². The molecule has 7 nitrogen and oxygen atoms in total. The molecule has 2 aromatic rings. The van der Waals surface area contributed by atoms with Crippen molar-refractivity contribution in [2.75, 3.05) is 39.3 Å². The van der Waals surface area contributed by atoms with E-state index < -0.39 is 10.0 Å². The number of nitrogens with zero attached hydrogens (tertiary/aromatic N) is 2. The van der Waals surface area contributed by atoms with Crippen LogP contribution >= 0.6 is 0 Å². The minimum atomic E-state index is -3.76. The maximum atomic E-state index is 13.2. The van der Waals surface area contributed by atoms with Crippen LogP contribution in [-0.4, -0.2) is 53.0 Å². The highest BCUT2D eigenvalue weighted by molar-refractivity contribution is 7.89. The van der Waals surface area contributed by atoms with Crippen molar-refractivity contribution in [3.8, 4) is 11.5 Å². The number of carbonyl (C=O) groups is 1. The Morgan fingerprint density at radius 2 is 1.69 bits per heavy atom. The van der Waals surface area contributed by atoms with Crippen molar-refractivity contribution in [3.63, 3.8) is 0 Å². The number of amides is 1. The first-order chi connectivity index (χ1) is 13.9. The Morgan fingerprint density at radius 3 is 2.28 bits per heavy atom. The average Bonchev–Trinajstić information content (AvgIpc) is 2.78. The molecule has 1 saturated heterocycles. The summed E-state index contributed by atoms with van der Waals surface area (Å²) in [6.45, 7) is 0.559. The standard InChI is InChI=1S/C21H26N2O5S/c1-22(17-7-5-4-6-8-17)21(24)16-11-13-23(14-12-16)29(25,26)20-15-18(27-2)9-10-19(20)28-3/h4-10,15-16H,11-14H2,1-3H3. The number of benzene rings is 2. The number of hydrogen-bond donors (Lipinski definition) is 0. The lowest BCUT2D eigenvalue weighted by Crippen LogP contribution is -2.43. The van der Waals surface area contributed by atoms with Crippen LogP contribution in [0.5, 0.6) is 11.5 Å². The van der Waals surface area contributed by atoms with Crippen molar-refractivity contribution in [1.29, 1.82) is 0 Å². The van der Waals surface area contributed by atoms with Gasteiger partial charge in [0.05, 0.1) is 14.2 Å². The maximum absolute atomic E-state index is 13.2. The van der Waals surface area contributed by atoms with Crippen molar-refractivity contribution in [1.82, 2.24) is 4.31 Å². The molecule has 0 aromatic heterocycles. The molecule has 1 heterocycles. The van der Waals surface area contributed by atoms with Gasteiger partial charge in [-0.2, -0.15) is 4.31 Å². The molecule has 0 spiro atoms. The zero-order chi connectivity index (χ0) is 21.0. The first-order valence-corrected chi connectivity index (χ1v) is 10.9. The summed E-state index contributed by atoms with van der Waals surface area (Å²) in [5.41, 5.74) is 0.827. The van der Waals surface area contributed by atoms with Gasteiger partial charge in [0.1, 0.15) is 16.4 Å². The summed E-state index contributed by atoms with van der Waals surface area (Å²) in [6, 6.07) is 14.1. The number of hydrogen-bond acceptors (Lipinski definition) is 5. The second kappa shape index (κ2) is 8.84. The summed E-state index contributed by atoms with van der Waals surface area (Å²) in [7, 11) is 0.917. The van der Waals surface area contributed by atoms with Gasteiger partial charge in [-0.3, -0.25) is 4.79 Å². The number of anilines is 1. The third-order valence-electron chi connectivity index (χ3n) is 5.27. The van der Waals surface area contributed by atoms with E-state index in [1.807, 2.05) is 30.3 Å². The first kappa shape index (κ1) is 21.1. The Bertz CT molecular complexity index is 954. The largest absolute Gasteiger partial charge is 0.497 e. The molecule has 0 N–H and O–H groups in total. The van der Waals surface area contributed by atoms with Gasteiger partial charge in [0.2, 0.25) is 15.9 Å². The van der Waals surface area contributed by atoms with Gasteiger partial charge in [-0.05, 0) is 37.1 Å². The number of methoxy groups -OCH3 is 2. The molecule has 1 aliphatic heterocycles. The van der Waals surface area contributed by atoms with Crippen LogP contribution in [0, 0.1) is 5.92 Å². The van der Waals surface area contributed by atoms with Gasteiger partial charge < -0.3 is 14.4 Å². The van der Waals surface area contributed by atoms with Crippen molar-refractivity contribution in [3.05, 3.63) is 48.5 Å². The van der Waals surface area contributed by atoms with E-state index in [0.717, 1.165) is 5.69 Å². The first-order valence-electron chi connectivity index (χ1n) is 9.43. The number of para-hydroxylation sites is 1. The van der Waals surface area contributed by atoms with Crippen molar-refractivity contribution in [2.24, 2.45) is 5.92 Å². The van der Waals surface area contributed by atoms with E-state index in [0.29, 0.717) is 18.6 Å². The summed E-state index contributed by atoms with van der Waals surface area (Å²) >= 11 is 0.